The highest BCUT2D eigenvalue weighted by atomic mass is 16.5. The Bertz CT molecular complexity index is 908. The van der Waals surface area contributed by atoms with Gasteiger partial charge in [0.1, 0.15) is 12.3 Å². The van der Waals surface area contributed by atoms with Gasteiger partial charge in [-0.2, -0.15) is 0 Å². The van der Waals surface area contributed by atoms with Crippen LogP contribution in [0.3, 0.4) is 0 Å². The van der Waals surface area contributed by atoms with Crippen molar-refractivity contribution in [2.75, 3.05) is 18.0 Å². The molecule has 0 aliphatic carbocycles. The molecule has 1 heterocycles. The Kier molecular flexibility index (Phi) is 5.35. The highest BCUT2D eigenvalue weighted by Crippen LogP contribution is 2.38. The van der Waals surface area contributed by atoms with Gasteiger partial charge in [0.15, 0.2) is 5.60 Å². The third kappa shape index (κ3) is 4.14. The lowest BCUT2D eigenvalue weighted by Gasteiger charge is -2.38. The van der Waals surface area contributed by atoms with Gasteiger partial charge in [-0.15, -0.1) is 0 Å². The fourth-order valence-electron chi connectivity index (χ4n) is 3.05. The number of carboxylic acid groups (broad SMARTS) is 1. The molecule has 28 heavy (non-hydrogen) atoms. The number of anilines is 1. The van der Waals surface area contributed by atoms with Gasteiger partial charge in [0.2, 0.25) is 5.91 Å². The van der Waals surface area contributed by atoms with Crippen molar-refractivity contribution in [3.63, 3.8) is 0 Å². The quantitative estimate of drug-likeness (QED) is 0.799. The molecule has 2 amide bonds. The van der Waals surface area contributed by atoms with E-state index in [-0.39, 0.29) is 23.7 Å². The monoisotopic (exact) mass is 382 g/mol. The zero-order chi connectivity index (χ0) is 20.3. The minimum absolute atomic E-state index is 0.0179. The molecule has 2 aromatic rings. The van der Waals surface area contributed by atoms with E-state index in [4.69, 9.17) is 4.74 Å². The minimum atomic E-state index is -1.15. The molecular weight excluding hydrogens is 360 g/mol. The number of nitrogens with zero attached hydrogens (tertiary/aromatic N) is 1. The molecular formula is C21H22N2O5. The van der Waals surface area contributed by atoms with Crippen LogP contribution in [0.25, 0.3) is 0 Å². The number of aromatic carboxylic acids is 1. The summed E-state index contributed by atoms with van der Waals surface area (Å²) in [5.74, 6) is -1.48. The summed E-state index contributed by atoms with van der Waals surface area (Å²) in [5, 5.41) is 12.0. The molecule has 0 radical (unpaired) electrons. The molecule has 146 valence electrons. The van der Waals surface area contributed by atoms with Crippen LogP contribution in [-0.4, -0.2) is 41.6 Å². The molecule has 2 aromatic carbocycles. The minimum Gasteiger partial charge on any atom is -0.478 e. The molecule has 3 rings (SSSR count). The molecule has 0 unspecified atom stereocenters. The van der Waals surface area contributed by atoms with Gasteiger partial charge in [-0.25, -0.2) is 4.79 Å². The lowest BCUT2D eigenvalue weighted by atomic mass is 10.0. The van der Waals surface area contributed by atoms with E-state index in [1.165, 1.54) is 23.1 Å². The lowest BCUT2D eigenvalue weighted by molar-refractivity contribution is -0.134. The van der Waals surface area contributed by atoms with E-state index in [0.717, 1.165) is 5.56 Å². The van der Waals surface area contributed by atoms with Gasteiger partial charge in [-0.3, -0.25) is 14.5 Å². The number of hydrogen-bond donors (Lipinski definition) is 2. The van der Waals surface area contributed by atoms with E-state index < -0.39 is 17.5 Å². The summed E-state index contributed by atoms with van der Waals surface area (Å²) in [4.78, 5) is 37.8. The Morgan fingerprint density at radius 3 is 2.54 bits per heavy atom. The maximum atomic E-state index is 12.8. The average Bonchev–Trinajstić information content (AvgIpc) is 2.65. The first-order valence-corrected chi connectivity index (χ1v) is 8.97. The summed E-state index contributed by atoms with van der Waals surface area (Å²) >= 11 is 0. The fraction of sp³-hybridized carbons (Fsp3) is 0.286. The normalized spacial score (nSPS) is 14.8. The van der Waals surface area contributed by atoms with Crippen molar-refractivity contribution >= 4 is 23.5 Å². The first-order chi connectivity index (χ1) is 13.3. The molecule has 1 aliphatic rings. The Morgan fingerprint density at radius 2 is 1.86 bits per heavy atom. The number of amides is 2. The summed E-state index contributed by atoms with van der Waals surface area (Å²) in [6.07, 6.45) is 0.675. The number of nitrogens with one attached hydrogen (secondary N) is 1. The molecule has 0 spiro atoms. The van der Waals surface area contributed by atoms with Crippen molar-refractivity contribution in [1.29, 1.82) is 0 Å². The molecule has 7 heteroatoms. The first kappa shape index (κ1) is 19.4. The van der Waals surface area contributed by atoms with E-state index >= 15 is 0 Å². The predicted molar refractivity (Wildman–Crippen MR) is 104 cm³/mol. The van der Waals surface area contributed by atoms with Crippen LogP contribution >= 0.6 is 0 Å². The van der Waals surface area contributed by atoms with Gasteiger partial charge < -0.3 is 15.2 Å². The van der Waals surface area contributed by atoms with Crippen molar-refractivity contribution in [2.45, 2.75) is 25.9 Å². The van der Waals surface area contributed by atoms with E-state index in [0.29, 0.717) is 18.7 Å². The van der Waals surface area contributed by atoms with Crippen LogP contribution < -0.4 is 15.0 Å². The number of fused-ring (bicyclic) bond motifs is 1. The average molecular weight is 382 g/mol. The molecule has 0 saturated heterocycles. The van der Waals surface area contributed by atoms with Gasteiger partial charge in [-0.05, 0) is 44.0 Å². The van der Waals surface area contributed by atoms with Crippen LogP contribution in [0, 0.1) is 0 Å². The van der Waals surface area contributed by atoms with Gasteiger partial charge in [0.05, 0.1) is 11.3 Å². The number of carbonyl (C=O) groups is 3. The van der Waals surface area contributed by atoms with E-state index in [1.807, 2.05) is 30.3 Å². The van der Waals surface area contributed by atoms with Crippen LogP contribution in [0.15, 0.2) is 48.5 Å². The summed E-state index contributed by atoms with van der Waals surface area (Å²) in [7, 11) is 0. The number of ether oxygens (including phenoxy) is 1. The topological polar surface area (TPSA) is 95.9 Å². The second kappa shape index (κ2) is 7.72. The van der Waals surface area contributed by atoms with Crippen molar-refractivity contribution in [3.05, 3.63) is 59.7 Å². The van der Waals surface area contributed by atoms with Crippen LogP contribution in [0.5, 0.6) is 5.75 Å². The third-order valence-corrected chi connectivity index (χ3v) is 4.50. The highest BCUT2D eigenvalue weighted by Gasteiger charge is 2.41. The second-order valence-electron chi connectivity index (χ2n) is 7.08. The van der Waals surface area contributed by atoms with Gasteiger partial charge in [0.25, 0.3) is 5.91 Å². The predicted octanol–water partition coefficient (Wildman–Crippen LogP) is 2.25. The Hall–Kier alpha value is -3.35. The molecule has 0 saturated carbocycles. The molecule has 2 N–H and O–H groups in total. The van der Waals surface area contributed by atoms with Crippen molar-refractivity contribution in [3.8, 4) is 5.75 Å². The number of benzene rings is 2. The number of carboxylic acids is 1. The molecule has 0 atom stereocenters. The van der Waals surface area contributed by atoms with Crippen LogP contribution in [0.2, 0.25) is 0 Å². The van der Waals surface area contributed by atoms with E-state index in [9.17, 15) is 19.5 Å². The maximum Gasteiger partial charge on any atom is 0.335 e. The van der Waals surface area contributed by atoms with Gasteiger partial charge in [0, 0.05) is 6.54 Å². The van der Waals surface area contributed by atoms with Crippen LogP contribution in [0.1, 0.15) is 29.8 Å². The van der Waals surface area contributed by atoms with Gasteiger partial charge >= 0.3 is 5.97 Å². The van der Waals surface area contributed by atoms with E-state index in [2.05, 4.69) is 5.32 Å². The highest BCUT2D eigenvalue weighted by molar-refractivity contribution is 6.06. The third-order valence-electron chi connectivity index (χ3n) is 4.50. The Balaban J connectivity index is 1.74. The largest absolute Gasteiger partial charge is 0.478 e. The zero-order valence-electron chi connectivity index (χ0n) is 15.8. The Morgan fingerprint density at radius 1 is 1.14 bits per heavy atom. The SMILES string of the molecule is CC1(C)Oc2ccc(C(=O)O)cc2N(CC(=O)NCCc2ccccc2)C1=O. The molecule has 0 fully saturated rings. The molecule has 0 bridgehead atoms. The Labute approximate surface area is 162 Å². The molecule has 7 nitrogen and oxygen atoms in total. The number of carbonyl (C=O) groups excluding carboxylic acids is 2. The smallest absolute Gasteiger partial charge is 0.335 e. The summed E-state index contributed by atoms with van der Waals surface area (Å²) in [6, 6.07) is 14.0. The lowest BCUT2D eigenvalue weighted by Crippen LogP contribution is -2.55. The number of rotatable bonds is 6. The number of hydrogen-bond acceptors (Lipinski definition) is 4. The van der Waals surface area contributed by atoms with Crippen molar-refractivity contribution in [2.24, 2.45) is 0 Å². The summed E-state index contributed by atoms with van der Waals surface area (Å²) < 4.78 is 5.70. The fourth-order valence-corrected chi connectivity index (χ4v) is 3.05. The summed E-state index contributed by atoms with van der Waals surface area (Å²) in [5.41, 5.74) is 0.247. The summed E-state index contributed by atoms with van der Waals surface area (Å²) in [6.45, 7) is 3.46. The van der Waals surface area contributed by atoms with Crippen LogP contribution in [-0.2, 0) is 16.0 Å². The molecule has 1 aliphatic heterocycles. The van der Waals surface area contributed by atoms with Crippen molar-refractivity contribution < 1.29 is 24.2 Å². The second-order valence-corrected chi connectivity index (χ2v) is 7.08. The first-order valence-electron chi connectivity index (χ1n) is 8.97. The maximum absolute atomic E-state index is 12.8. The zero-order valence-corrected chi connectivity index (χ0v) is 15.8. The van der Waals surface area contributed by atoms with Gasteiger partial charge in [-0.1, -0.05) is 30.3 Å². The molecule has 0 aromatic heterocycles. The van der Waals surface area contributed by atoms with Crippen molar-refractivity contribution in [1.82, 2.24) is 5.32 Å². The van der Waals surface area contributed by atoms with Crippen LogP contribution in [0.4, 0.5) is 5.69 Å². The van der Waals surface area contributed by atoms with E-state index in [1.54, 1.807) is 13.8 Å². The standard InChI is InChI=1S/C21H22N2O5/c1-21(2)20(27)23(16-12-15(19(25)26)8-9-17(16)28-21)13-18(24)22-11-10-14-6-4-3-5-7-14/h3-9,12H,10-11,13H2,1-2H3,(H,22,24)(H,25,26).